The molecule has 4 rings (SSSR count). The van der Waals surface area contributed by atoms with Crippen molar-refractivity contribution in [1.29, 1.82) is 0 Å². The lowest BCUT2D eigenvalue weighted by Crippen LogP contribution is -2.33. The molecule has 28 heavy (non-hydrogen) atoms. The van der Waals surface area contributed by atoms with Crippen molar-refractivity contribution in [3.8, 4) is 0 Å². The predicted molar refractivity (Wildman–Crippen MR) is 107 cm³/mol. The molecule has 0 unspecified atom stereocenters. The minimum absolute atomic E-state index is 0.0656. The molecule has 8 heteroatoms. The van der Waals surface area contributed by atoms with Crippen LogP contribution in [-0.4, -0.2) is 30.3 Å². The van der Waals surface area contributed by atoms with Crippen LogP contribution in [0.5, 0.6) is 0 Å². The summed E-state index contributed by atoms with van der Waals surface area (Å²) in [5, 5.41) is 1.05. The molecule has 1 saturated heterocycles. The van der Waals surface area contributed by atoms with Crippen LogP contribution in [-0.2, 0) is 14.6 Å². The van der Waals surface area contributed by atoms with Crippen molar-refractivity contribution in [1.82, 2.24) is 4.90 Å². The van der Waals surface area contributed by atoms with Gasteiger partial charge in [0.2, 0.25) is 0 Å². The van der Waals surface area contributed by atoms with Crippen molar-refractivity contribution in [2.45, 2.75) is 11.8 Å². The Labute approximate surface area is 165 Å². The number of nitrogens with zero attached hydrogens (tertiary/aromatic N) is 1. The smallest absolute Gasteiger partial charge is 0.294 e. The molecule has 0 atom stereocenters. The molecular weight excluding hydrogens is 398 g/mol. The summed E-state index contributed by atoms with van der Waals surface area (Å²) in [6, 6.07) is 15.5. The molecule has 1 aromatic heterocycles. The zero-order valence-electron chi connectivity index (χ0n) is 14.8. The molecular formula is C20H15NO5S2. The number of sulfone groups is 1. The topological polar surface area (TPSA) is 84.7 Å². The second-order valence-electron chi connectivity index (χ2n) is 6.31. The molecule has 0 aliphatic carbocycles. The van der Waals surface area contributed by atoms with Crippen LogP contribution in [0.2, 0.25) is 0 Å². The van der Waals surface area contributed by atoms with Crippen LogP contribution in [0.3, 0.4) is 0 Å². The Morgan fingerprint density at radius 2 is 1.79 bits per heavy atom. The van der Waals surface area contributed by atoms with E-state index in [-0.39, 0.29) is 9.80 Å². The number of thioether (sulfide) groups is 1. The summed E-state index contributed by atoms with van der Waals surface area (Å²) in [5.41, 5.74) is 0. The van der Waals surface area contributed by atoms with Gasteiger partial charge >= 0.3 is 0 Å². The maximum Gasteiger partial charge on any atom is 0.294 e. The number of benzene rings is 2. The Bertz CT molecular complexity index is 1240. The van der Waals surface area contributed by atoms with Crippen molar-refractivity contribution in [3.63, 3.8) is 0 Å². The lowest BCUT2D eigenvalue weighted by atomic mass is 10.1. The van der Waals surface area contributed by atoms with E-state index in [0.717, 1.165) is 15.7 Å². The van der Waals surface area contributed by atoms with E-state index in [9.17, 15) is 18.0 Å². The van der Waals surface area contributed by atoms with Crippen molar-refractivity contribution in [2.24, 2.45) is 0 Å². The Morgan fingerprint density at radius 1 is 1.04 bits per heavy atom. The SMILES string of the molecule is Cc1ccc(/C=C2\SC(=O)N(CS(=O)(=O)c3ccc4ccccc4c3)C2=O)o1. The fraction of sp³-hybridized carbons (Fsp3) is 0.100. The van der Waals surface area contributed by atoms with Crippen LogP contribution in [0.15, 0.2) is 68.8 Å². The molecule has 6 nitrogen and oxygen atoms in total. The molecule has 142 valence electrons. The van der Waals surface area contributed by atoms with Gasteiger partial charge in [-0.25, -0.2) is 8.42 Å². The molecule has 0 saturated carbocycles. The van der Waals surface area contributed by atoms with Crippen molar-refractivity contribution >= 4 is 49.6 Å². The highest BCUT2D eigenvalue weighted by Crippen LogP contribution is 2.33. The number of aryl methyl sites for hydroxylation is 1. The number of amides is 2. The van der Waals surface area contributed by atoms with Gasteiger partial charge in [-0.15, -0.1) is 0 Å². The van der Waals surface area contributed by atoms with E-state index in [0.29, 0.717) is 23.3 Å². The second kappa shape index (κ2) is 6.96. The summed E-state index contributed by atoms with van der Waals surface area (Å²) in [4.78, 5) is 25.7. The van der Waals surface area contributed by atoms with Crippen LogP contribution in [0.4, 0.5) is 4.79 Å². The number of imide groups is 1. The van der Waals surface area contributed by atoms with Gasteiger partial charge in [-0.3, -0.25) is 14.5 Å². The van der Waals surface area contributed by atoms with Gasteiger partial charge in [-0.05, 0) is 53.7 Å². The normalized spacial score (nSPS) is 16.5. The number of carbonyl (C=O) groups excluding carboxylic acids is 2. The van der Waals surface area contributed by atoms with E-state index in [1.165, 1.54) is 12.1 Å². The minimum Gasteiger partial charge on any atom is -0.462 e. The summed E-state index contributed by atoms with van der Waals surface area (Å²) < 4.78 is 31.0. The van der Waals surface area contributed by atoms with E-state index < -0.39 is 26.9 Å². The number of hydrogen-bond donors (Lipinski definition) is 0. The monoisotopic (exact) mass is 413 g/mol. The number of hydrogen-bond acceptors (Lipinski definition) is 6. The predicted octanol–water partition coefficient (Wildman–Crippen LogP) is 4.21. The quantitative estimate of drug-likeness (QED) is 0.596. The summed E-state index contributed by atoms with van der Waals surface area (Å²) in [6.07, 6.45) is 1.44. The maximum atomic E-state index is 12.8. The van der Waals surface area contributed by atoms with Crippen molar-refractivity contribution in [2.75, 3.05) is 5.88 Å². The fourth-order valence-corrected chi connectivity index (χ4v) is 5.08. The Kier molecular flexibility index (Phi) is 4.60. The first-order valence-corrected chi connectivity index (χ1v) is 10.8. The Hall–Kier alpha value is -2.84. The van der Waals surface area contributed by atoms with Gasteiger partial charge in [0.1, 0.15) is 17.4 Å². The largest absolute Gasteiger partial charge is 0.462 e. The summed E-state index contributed by atoms with van der Waals surface area (Å²) in [5.74, 6) is -0.247. The van der Waals surface area contributed by atoms with Gasteiger partial charge in [-0.2, -0.15) is 0 Å². The van der Waals surface area contributed by atoms with Gasteiger partial charge in [0.15, 0.2) is 9.84 Å². The molecule has 0 bridgehead atoms. The summed E-state index contributed by atoms with van der Waals surface area (Å²) in [6.45, 7) is 1.76. The summed E-state index contributed by atoms with van der Waals surface area (Å²) >= 11 is 0.698. The van der Waals surface area contributed by atoms with Crippen LogP contribution in [0.25, 0.3) is 16.8 Å². The molecule has 0 radical (unpaired) electrons. The van der Waals surface area contributed by atoms with Crippen LogP contribution in [0.1, 0.15) is 11.5 Å². The molecule has 2 aromatic carbocycles. The molecule has 1 fully saturated rings. The lowest BCUT2D eigenvalue weighted by Gasteiger charge is -2.13. The van der Waals surface area contributed by atoms with E-state index in [1.807, 2.05) is 24.3 Å². The second-order valence-corrected chi connectivity index (χ2v) is 9.26. The van der Waals surface area contributed by atoms with E-state index in [4.69, 9.17) is 4.42 Å². The van der Waals surface area contributed by atoms with E-state index in [2.05, 4.69) is 0 Å². The number of carbonyl (C=O) groups is 2. The first-order chi connectivity index (χ1) is 13.3. The Balaban J connectivity index is 1.61. The third-order valence-corrected chi connectivity index (χ3v) is 6.76. The third-order valence-electron chi connectivity index (χ3n) is 4.29. The zero-order valence-corrected chi connectivity index (χ0v) is 16.4. The highest BCUT2D eigenvalue weighted by Gasteiger charge is 2.38. The average molecular weight is 413 g/mol. The standard InChI is InChI=1S/C20H15NO5S2/c1-13-6-8-16(26-13)11-18-19(22)21(20(23)27-18)12-28(24,25)17-9-7-14-4-2-3-5-15(14)10-17/h2-11H,12H2,1H3/b18-11-. The van der Waals surface area contributed by atoms with Crippen LogP contribution < -0.4 is 0 Å². The third kappa shape index (κ3) is 3.48. The molecule has 1 aliphatic rings. The fourth-order valence-electron chi connectivity index (χ4n) is 2.88. The first kappa shape index (κ1) is 18.5. The van der Waals surface area contributed by atoms with Crippen molar-refractivity contribution < 1.29 is 22.4 Å². The van der Waals surface area contributed by atoms with Gasteiger partial charge < -0.3 is 4.42 Å². The lowest BCUT2D eigenvalue weighted by molar-refractivity contribution is -0.122. The van der Waals surface area contributed by atoms with Crippen molar-refractivity contribution in [3.05, 3.63) is 71.0 Å². The van der Waals surface area contributed by atoms with Gasteiger partial charge in [0, 0.05) is 6.08 Å². The van der Waals surface area contributed by atoms with Gasteiger partial charge in [0.25, 0.3) is 11.1 Å². The van der Waals surface area contributed by atoms with E-state index >= 15 is 0 Å². The minimum atomic E-state index is -3.87. The highest BCUT2D eigenvalue weighted by atomic mass is 32.2. The molecule has 2 heterocycles. The summed E-state index contributed by atoms with van der Waals surface area (Å²) in [7, 11) is -3.87. The first-order valence-electron chi connectivity index (χ1n) is 8.37. The average Bonchev–Trinajstić information content (AvgIpc) is 3.19. The molecule has 2 amide bonds. The highest BCUT2D eigenvalue weighted by molar-refractivity contribution is 8.18. The number of fused-ring (bicyclic) bond motifs is 1. The number of rotatable bonds is 4. The van der Waals surface area contributed by atoms with E-state index in [1.54, 1.807) is 31.2 Å². The Morgan fingerprint density at radius 3 is 2.50 bits per heavy atom. The van der Waals surface area contributed by atoms with Gasteiger partial charge in [-0.1, -0.05) is 30.3 Å². The van der Waals surface area contributed by atoms with Gasteiger partial charge in [0.05, 0.1) is 9.80 Å². The number of furan rings is 1. The molecule has 1 aliphatic heterocycles. The maximum absolute atomic E-state index is 12.8. The molecule has 0 N–H and O–H groups in total. The molecule has 0 spiro atoms. The van der Waals surface area contributed by atoms with Crippen LogP contribution >= 0.6 is 11.8 Å². The molecule has 3 aromatic rings. The zero-order chi connectivity index (χ0) is 19.9. The van der Waals surface area contributed by atoms with Crippen LogP contribution in [0, 0.1) is 6.92 Å².